The fourth-order valence-corrected chi connectivity index (χ4v) is 6.26. The van der Waals surface area contributed by atoms with Crippen molar-refractivity contribution in [3.63, 3.8) is 0 Å². The first-order valence-corrected chi connectivity index (χ1v) is 13.1. The van der Waals surface area contributed by atoms with Gasteiger partial charge >= 0.3 is 0 Å². The van der Waals surface area contributed by atoms with Gasteiger partial charge < -0.3 is 15.0 Å². The molecule has 4 heterocycles. The zero-order valence-electron chi connectivity index (χ0n) is 20.3. The summed E-state index contributed by atoms with van der Waals surface area (Å²) in [6.45, 7) is 3.30. The minimum atomic E-state index is -0.473. The minimum absolute atomic E-state index is 0.105. The number of pyridine rings is 2. The van der Waals surface area contributed by atoms with E-state index in [0.29, 0.717) is 33.9 Å². The lowest BCUT2D eigenvalue weighted by atomic mass is 10.1. The molecule has 1 saturated heterocycles. The molecule has 6 rings (SSSR count). The molecule has 1 aliphatic rings. The van der Waals surface area contributed by atoms with Gasteiger partial charge in [0.1, 0.15) is 27.6 Å². The third kappa shape index (κ3) is 4.04. The van der Waals surface area contributed by atoms with Gasteiger partial charge in [-0.15, -0.1) is 11.3 Å². The molecule has 0 aliphatic carbocycles. The molecule has 2 aromatic carbocycles. The SMILES string of the molecule is COc1cccc(F)c1-c1ccc2c(=O)c(C(=O)NCCN3CCCC3)c3sc4ccccc4n3c2n1. The van der Waals surface area contributed by atoms with E-state index in [1.165, 1.54) is 37.4 Å². The number of halogens is 1. The molecule has 0 unspecified atom stereocenters. The molecule has 1 amide bonds. The first kappa shape index (κ1) is 23.6. The van der Waals surface area contributed by atoms with Crippen molar-refractivity contribution in [1.82, 2.24) is 19.6 Å². The predicted molar refractivity (Wildman–Crippen MR) is 144 cm³/mol. The molecule has 0 saturated carbocycles. The lowest BCUT2D eigenvalue weighted by molar-refractivity contribution is 0.0950. The molecule has 188 valence electrons. The number of fused-ring (bicyclic) bond motifs is 5. The number of hydrogen-bond acceptors (Lipinski definition) is 6. The van der Waals surface area contributed by atoms with Gasteiger partial charge in [-0.25, -0.2) is 9.37 Å². The number of para-hydroxylation sites is 1. The van der Waals surface area contributed by atoms with Crippen LogP contribution in [0.1, 0.15) is 23.2 Å². The normalized spacial score (nSPS) is 14.1. The van der Waals surface area contributed by atoms with Gasteiger partial charge in [0, 0.05) is 13.1 Å². The van der Waals surface area contributed by atoms with E-state index in [2.05, 4.69) is 10.2 Å². The standard InChI is InChI=1S/C28H25FN4O3S/c1-36-21-9-6-7-18(29)23(21)19-12-11-17-25(34)24(27(35)30-13-16-32-14-4-5-15-32)28-33(26(17)31-19)20-8-2-3-10-22(20)37-28/h2-3,6-12H,4-5,13-16H2,1H3,(H,30,35). The van der Waals surface area contributed by atoms with Crippen molar-refractivity contribution < 1.29 is 13.9 Å². The van der Waals surface area contributed by atoms with E-state index >= 15 is 0 Å². The summed E-state index contributed by atoms with van der Waals surface area (Å²) in [5.41, 5.74) is 1.47. The van der Waals surface area contributed by atoms with Gasteiger partial charge in [-0.3, -0.25) is 14.0 Å². The highest BCUT2D eigenvalue weighted by Gasteiger charge is 2.24. The summed E-state index contributed by atoms with van der Waals surface area (Å²) in [6.07, 6.45) is 2.35. The Bertz CT molecular complexity index is 1720. The van der Waals surface area contributed by atoms with Crippen molar-refractivity contribution in [2.75, 3.05) is 33.3 Å². The van der Waals surface area contributed by atoms with Gasteiger partial charge in [0.2, 0.25) is 5.43 Å². The predicted octanol–water partition coefficient (Wildman–Crippen LogP) is 4.70. The average Bonchev–Trinajstić information content (AvgIpc) is 3.56. The molecule has 5 aromatic rings. The highest BCUT2D eigenvalue weighted by Crippen LogP contribution is 2.34. The number of ether oxygens (including phenoxy) is 1. The molecular formula is C28H25FN4O3S. The van der Waals surface area contributed by atoms with Crippen molar-refractivity contribution in [3.8, 4) is 17.0 Å². The number of rotatable bonds is 6. The van der Waals surface area contributed by atoms with Crippen molar-refractivity contribution in [2.24, 2.45) is 0 Å². The molecule has 1 fully saturated rings. The molecule has 1 N–H and O–H groups in total. The number of likely N-dealkylation sites (tertiary alicyclic amines) is 1. The van der Waals surface area contributed by atoms with Crippen LogP contribution in [0.25, 0.3) is 37.3 Å². The Kier molecular flexibility index (Phi) is 6.10. The smallest absolute Gasteiger partial charge is 0.258 e. The topological polar surface area (TPSA) is 75.9 Å². The molecule has 0 radical (unpaired) electrons. The number of carbonyl (C=O) groups excluding carboxylic acids is 1. The van der Waals surface area contributed by atoms with Crippen LogP contribution in [-0.2, 0) is 0 Å². The summed E-state index contributed by atoms with van der Waals surface area (Å²) >= 11 is 1.37. The van der Waals surface area contributed by atoms with Crippen LogP contribution in [0, 0.1) is 5.82 Å². The number of carbonyl (C=O) groups is 1. The van der Waals surface area contributed by atoms with E-state index in [4.69, 9.17) is 9.72 Å². The van der Waals surface area contributed by atoms with E-state index in [1.807, 2.05) is 28.7 Å². The second-order valence-electron chi connectivity index (χ2n) is 9.10. The van der Waals surface area contributed by atoms with Crippen LogP contribution in [0.4, 0.5) is 4.39 Å². The Labute approximate surface area is 216 Å². The van der Waals surface area contributed by atoms with Gasteiger partial charge in [0.05, 0.1) is 34.0 Å². The maximum Gasteiger partial charge on any atom is 0.258 e. The summed E-state index contributed by atoms with van der Waals surface area (Å²) in [6, 6.07) is 15.5. The Morgan fingerprint density at radius 1 is 1.11 bits per heavy atom. The molecule has 7 nitrogen and oxygen atoms in total. The quantitative estimate of drug-likeness (QED) is 0.354. The van der Waals surface area contributed by atoms with Crippen molar-refractivity contribution in [1.29, 1.82) is 0 Å². The Hall–Kier alpha value is -3.82. The summed E-state index contributed by atoms with van der Waals surface area (Å²) < 4.78 is 23.0. The lowest BCUT2D eigenvalue weighted by Gasteiger charge is -2.15. The number of methoxy groups -OCH3 is 1. The van der Waals surface area contributed by atoms with Crippen LogP contribution in [0.3, 0.4) is 0 Å². The number of nitrogens with one attached hydrogen (secondary N) is 1. The van der Waals surface area contributed by atoms with Crippen LogP contribution < -0.4 is 15.5 Å². The Balaban J connectivity index is 1.54. The van der Waals surface area contributed by atoms with Crippen LogP contribution >= 0.6 is 11.3 Å². The van der Waals surface area contributed by atoms with Gasteiger partial charge in [-0.1, -0.05) is 18.2 Å². The van der Waals surface area contributed by atoms with E-state index in [0.717, 1.165) is 29.9 Å². The largest absolute Gasteiger partial charge is 0.496 e. The number of hydrogen-bond donors (Lipinski definition) is 1. The molecule has 0 spiro atoms. The van der Waals surface area contributed by atoms with Gasteiger partial charge in [0.15, 0.2) is 0 Å². The molecule has 0 atom stereocenters. The highest BCUT2D eigenvalue weighted by atomic mass is 32.1. The van der Waals surface area contributed by atoms with E-state index < -0.39 is 11.7 Å². The third-order valence-electron chi connectivity index (χ3n) is 6.88. The number of amides is 1. The molecule has 0 bridgehead atoms. The Morgan fingerprint density at radius 3 is 2.73 bits per heavy atom. The monoisotopic (exact) mass is 516 g/mol. The summed E-state index contributed by atoms with van der Waals surface area (Å²) in [7, 11) is 1.48. The zero-order chi connectivity index (χ0) is 25.5. The molecule has 9 heteroatoms. The molecule has 3 aromatic heterocycles. The average molecular weight is 517 g/mol. The maximum atomic E-state index is 14.9. The highest BCUT2D eigenvalue weighted by molar-refractivity contribution is 7.24. The van der Waals surface area contributed by atoms with E-state index in [1.54, 1.807) is 24.3 Å². The lowest BCUT2D eigenvalue weighted by Crippen LogP contribution is -2.35. The number of thiazole rings is 1. The van der Waals surface area contributed by atoms with Gasteiger partial charge in [0.25, 0.3) is 5.91 Å². The minimum Gasteiger partial charge on any atom is -0.496 e. The summed E-state index contributed by atoms with van der Waals surface area (Å²) in [5, 5.41) is 3.25. The summed E-state index contributed by atoms with van der Waals surface area (Å²) in [4.78, 5) is 34.6. The number of aromatic nitrogens is 2. The second kappa shape index (κ2) is 9.57. The first-order valence-electron chi connectivity index (χ1n) is 12.3. The number of benzene rings is 2. The summed E-state index contributed by atoms with van der Waals surface area (Å²) in [5.74, 6) is -0.520. The number of nitrogens with zero attached hydrogens (tertiary/aromatic N) is 3. The third-order valence-corrected chi connectivity index (χ3v) is 8.02. The van der Waals surface area contributed by atoms with Gasteiger partial charge in [-0.2, -0.15) is 0 Å². The van der Waals surface area contributed by atoms with E-state index in [9.17, 15) is 14.0 Å². The Morgan fingerprint density at radius 2 is 1.92 bits per heavy atom. The fourth-order valence-electron chi connectivity index (χ4n) is 5.07. The van der Waals surface area contributed by atoms with Crippen molar-refractivity contribution >= 4 is 43.3 Å². The van der Waals surface area contributed by atoms with Gasteiger partial charge in [-0.05, 0) is 62.3 Å². The molecule has 37 heavy (non-hydrogen) atoms. The fraction of sp³-hybridized carbons (Fsp3) is 0.250. The first-order chi connectivity index (χ1) is 18.1. The van der Waals surface area contributed by atoms with Crippen LogP contribution in [-0.4, -0.2) is 53.5 Å². The molecule has 1 aliphatic heterocycles. The van der Waals surface area contributed by atoms with Crippen molar-refractivity contribution in [2.45, 2.75) is 12.8 Å². The second-order valence-corrected chi connectivity index (χ2v) is 10.1. The maximum absolute atomic E-state index is 14.9. The molecular weight excluding hydrogens is 491 g/mol. The van der Waals surface area contributed by atoms with Crippen LogP contribution in [0.5, 0.6) is 5.75 Å². The van der Waals surface area contributed by atoms with Crippen LogP contribution in [0.2, 0.25) is 0 Å². The van der Waals surface area contributed by atoms with Crippen LogP contribution in [0.15, 0.2) is 59.4 Å². The zero-order valence-corrected chi connectivity index (χ0v) is 21.1. The van der Waals surface area contributed by atoms with E-state index in [-0.39, 0.29) is 16.6 Å². The van der Waals surface area contributed by atoms with Crippen molar-refractivity contribution in [3.05, 3.63) is 76.2 Å².